The van der Waals surface area contributed by atoms with Crippen LogP contribution in [0.4, 0.5) is 8.78 Å². The lowest BCUT2D eigenvalue weighted by Crippen LogP contribution is -2.53. The summed E-state index contributed by atoms with van der Waals surface area (Å²) >= 11 is 0. The predicted octanol–water partition coefficient (Wildman–Crippen LogP) is 2.88. The topological polar surface area (TPSA) is 47.1 Å². The van der Waals surface area contributed by atoms with E-state index in [0.29, 0.717) is 18.9 Å². The Balaban J connectivity index is 1.59. The molecule has 6 heteroatoms. The molecule has 0 radical (unpaired) electrons. The Morgan fingerprint density at radius 3 is 2.48 bits per heavy atom. The van der Waals surface area contributed by atoms with Gasteiger partial charge < -0.3 is 5.73 Å². The average molecular weight is 346 g/mol. The molecule has 1 aliphatic heterocycles. The molecule has 1 aromatic carbocycles. The Bertz CT molecular complexity index is 678. The minimum atomic E-state index is -0.869. The predicted molar refractivity (Wildman–Crippen MR) is 92.5 cm³/mol. The van der Waals surface area contributed by atoms with Gasteiger partial charge >= 0.3 is 0 Å². The van der Waals surface area contributed by atoms with Crippen LogP contribution in [-0.4, -0.2) is 46.0 Å². The third-order valence-corrected chi connectivity index (χ3v) is 5.63. The average Bonchev–Trinajstić information content (AvgIpc) is 3.24. The van der Waals surface area contributed by atoms with Gasteiger partial charge in [0.1, 0.15) is 12.0 Å². The van der Waals surface area contributed by atoms with Crippen LogP contribution in [0.5, 0.6) is 0 Å². The van der Waals surface area contributed by atoms with E-state index in [1.165, 1.54) is 12.1 Å². The highest BCUT2D eigenvalue weighted by molar-refractivity contribution is 5.23. The molecular formula is C19H24F2N4. The quantitative estimate of drug-likeness (QED) is 0.930. The zero-order valence-electron chi connectivity index (χ0n) is 14.1. The van der Waals surface area contributed by atoms with Gasteiger partial charge in [0.15, 0.2) is 0 Å². The molecule has 0 bridgehead atoms. The maximum absolute atomic E-state index is 14.1. The van der Waals surface area contributed by atoms with E-state index in [1.54, 1.807) is 6.20 Å². The highest BCUT2D eigenvalue weighted by Gasteiger charge is 2.42. The fourth-order valence-electron chi connectivity index (χ4n) is 4.53. The fourth-order valence-corrected chi connectivity index (χ4v) is 4.53. The molecule has 0 spiro atoms. The van der Waals surface area contributed by atoms with Crippen molar-refractivity contribution in [3.8, 4) is 0 Å². The van der Waals surface area contributed by atoms with E-state index in [0.717, 1.165) is 24.9 Å². The first-order valence-corrected chi connectivity index (χ1v) is 8.98. The van der Waals surface area contributed by atoms with Crippen molar-refractivity contribution >= 4 is 0 Å². The van der Waals surface area contributed by atoms with Gasteiger partial charge in [-0.1, -0.05) is 12.1 Å². The molecule has 1 saturated carbocycles. The van der Waals surface area contributed by atoms with E-state index >= 15 is 0 Å². The van der Waals surface area contributed by atoms with Crippen LogP contribution >= 0.6 is 0 Å². The van der Waals surface area contributed by atoms with Gasteiger partial charge in [-0.3, -0.25) is 9.58 Å². The molecule has 2 fully saturated rings. The second-order valence-electron chi connectivity index (χ2n) is 7.39. The Labute approximate surface area is 146 Å². The van der Waals surface area contributed by atoms with Gasteiger partial charge in [0.2, 0.25) is 0 Å². The molecule has 5 atom stereocenters. The second-order valence-corrected chi connectivity index (χ2v) is 7.39. The van der Waals surface area contributed by atoms with Crippen LogP contribution in [0.3, 0.4) is 0 Å². The number of hydrogen-bond donors (Lipinski definition) is 1. The highest BCUT2D eigenvalue weighted by Crippen LogP contribution is 2.44. The molecule has 25 heavy (non-hydrogen) atoms. The second kappa shape index (κ2) is 6.84. The van der Waals surface area contributed by atoms with Crippen molar-refractivity contribution < 1.29 is 8.78 Å². The van der Waals surface area contributed by atoms with E-state index in [-0.39, 0.29) is 23.9 Å². The van der Waals surface area contributed by atoms with Crippen molar-refractivity contribution in [3.63, 3.8) is 0 Å². The van der Waals surface area contributed by atoms with Gasteiger partial charge in [0, 0.05) is 37.6 Å². The van der Waals surface area contributed by atoms with Crippen molar-refractivity contribution in [2.45, 2.75) is 49.5 Å². The van der Waals surface area contributed by atoms with Crippen LogP contribution in [0.15, 0.2) is 42.7 Å². The molecule has 0 amide bonds. The molecule has 2 aromatic rings. The van der Waals surface area contributed by atoms with Crippen molar-refractivity contribution in [2.75, 3.05) is 13.1 Å². The van der Waals surface area contributed by atoms with Crippen LogP contribution in [0, 0.1) is 5.82 Å². The zero-order chi connectivity index (χ0) is 17.4. The van der Waals surface area contributed by atoms with E-state index < -0.39 is 6.17 Å². The molecule has 134 valence electrons. The third-order valence-electron chi connectivity index (χ3n) is 5.63. The summed E-state index contributed by atoms with van der Waals surface area (Å²) in [5.74, 6) is 0.0974. The standard InChI is InChI=1S/C19H24F2N4/c20-15-4-2-13(3-5-15)14-8-18(19(9-14)25-7-1-6-23-25)24-11-16(21)10-17(22)12-24/h1-7,14,16-19H,8-12,22H2. The minimum Gasteiger partial charge on any atom is -0.326 e. The Hall–Kier alpha value is -1.79. The van der Waals surface area contributed by atoms with Crippen LogP contribution in [0.1, 0.15) is 36.8 Å². The van der Waals surface area contributed by atoms with E-state index in [2.05, 4.69) is 10.00 Å². The van der Waals surface area contributed by atoms with Gasteiger partial charge in [0.05, 0.1) is 6.04 Å². The molecular weight excluding hydrogens is 322 g/mol. The van der Waals surface area contributed by atoms with E-state index in [1.807, 2.05) is 29.1 Å². The summed E-state index contributed by atoms with van der Waals surface area (Å²) in [6.45, 7) is 1.16. The lowest BCUT2D eigenvalue weighted by Gasteiger charge is -2.39. The number of benzene rings is 1. The summed E-state index contributed by atoms with van der Waals surface area (Å²) in [6.07, 6.45) is 5.16. The smallest absolute Gasteiger partial charge is 0.123 e. The van der Waals surface area contributed by atoms with Crippen molar-refractivity contribution in [1.29, 1.82) is 0 Å². The Kier molecular flexibility index (Phi) is 4.56. The zero-order valence-corrected chi connectivity index (χ0v) is 14.1. The maximum Gasteiger partial charge on any atom is 0.123 e. The van der Waals surface area contributed by atoms with Crippen molar-refractivity contribution in [1.82, 2.24) is 14.7 Å². The first-order valence-electron chi connectivity index (χ1n) is 8.98. The molecule has 2 aliphatic rings. The van der Waals surface area contributed by atoms with Crippen LogP contribution < -0.4 is 5.73 Å². The van der Waals surface area contributed by atoms with Crippen LogP contribution in [0.2, 0.25) is 0 Å². The van der Waals surface area contributed by atoms with Gasteiger partial charge in [-0.2, -0.15) is 5.10 Å². The Morgan fingerprint density at radius 2 is 1.80 bits per heavy atom. The maximum atomic E-state index is 14.1. The number of rotatable bonds is 3. The number of alkyl halides is 1. The number of hydrogen-bond acceptors (Lipinski definition) is 3. The molecule has 1 saturated heterocycles. The summed E-state index contributed by atoms with van der Waals surface area (Å²) in [7, 11) is 0. The summed E-state index contributed by atoms with van der Waals surface area (Å²) in [6, 6.07) is 8.93. The summed E-state index contributed by atoms with van der Waals surface area (Å²) in [5.41, 5.74) is 7.20. The van der Waals surface area contributed by atoms with Gasteiger partial charge in [-0.25, -0.2) is 8.78 Å². The molecule has 4 rings (SSSR count). The minimum absolute atomic E-state index is 0.119. The Morgan fingerprint density at radius 1 is 1.04 bits per heavy atom. The number of piperidine rings is 1. The number of nitrogens with zero attached hydrogens (tertiary/aromatic N) is 3. The lowest BCUT2D eigenvalue weighted by molar-refractivity contribution is 0.0691. The monoisotopic (exact) mass is 346 g/mol. The number of aromatic nitrogens is 2. The van der Waals surface area contributed by atoms with Crippen molar-refractivity contribution in [3.05, 3.63) is 54.1 Å². The highest BCUT2D eigenvalue weighted by atomic mass is 19.1. The molecule has 4 nitrogen and oxygen atoms in total. The third kappa shape index (κ3) is 3.46. The first kappa shape index (κ1) is 16.7. The molecule has 2 N–H and O–H groups in total. The number of nitrogens with two attached hydrogens (primary N) is 1. The van der Waals surface area contributed by atoms with E-state index in [4.69, 9.17) is 5.73 Å². The molecule has 5 unspecified atom stereocenters. The fraction of sp³-hybridized carbons (Fsp3) is 0.526. The largest absolute Gasteiger partial charge is 0.326 e. The summed E-state index contributed by atoms with van der Waals surface area (Å²) in [5, 5.41) is 4.43. The normalized spacial score (nSPS) is 33.6. The number of likely N-dealkylation sites (tertiary alicyclic amines) is 1. The van der Waals surface area contributed by atoms with E-state index in [9.17, 15) is 8.78 Å². The van der Waals surface area contributed by atoms with Gasteiger partial charge in [0.25, 0.3) is 0 Å². The lowest BCUT2D eigenvalue weighted by atomic mass is 9.96. The van der Waals surface area contributed by atoms with Gasteiger partial charge in [-0.15, -0.1) is 0 Å². The first-order chi connectivity index (χ1) is 12.1. The van der Waals surface area contributed by atoms with Crippen LogP contribution in [0.25, 0.3) is 0 Å². The SMILES string of the molecule is NC1CC(F)CN(C2CC(c3ccc(F)cc3)CC2n2cccn2)C1. The number of halogens is 2. The summed E-state index contributed by atoms with van der Waals surface area (Å²) in [4.78, 5) is 2.20. The van der Waals surface area contributed by atoms with Crippen LogP contribution in [-0.2, 0) is 0 Å². The van der Waals surface area contributed by atoms with Crippen molar-refractivity contribution in [2.24, 2.45) is 5.73 Å². The van der Waals surface area contributed by atoms with Gasteiger partial charge in [-0.05, 0) is 48.9 Å². The molecule has 1 aromatic heterocycles. The molecule has 2 heterocycles. The summed E-state index contributed by atoms with van der Waals surface area (Å²) < 4.78 is 29.3. The molecule has 1 aliphatic carbocycles.